The van der Waals surface area contributed by atoms with Crippen molar-refractivity contribution in [3.8, 4) is 22.8 Å². The van der Waals surface area contributed by atoms with Gasteiger partial charge in [0, 0.05) is 17.0 Å². The van der Waals surface area contributed by atoms with Crippen molar-refractivity contribution in [2.45, 2.75) is 21.6 Å². The van der Waals surface area contributed by atoms with E-state index in [1.807, 2.05) is 59.2 Å². The Kier molecular flexibility index (Phi) is 6.75. The molecule has 0 aliphatic rings. The normalized spacial score (nSPS) is 11.6. The van der Waals surface area contributed by atoms with Gasteiger partial charge in [-0.1, -0.05) is 42.1 Å². The number of nitrogens with zero attached hydrogens (tertiary/aromatic N) is 3. The molecule has 1 heterocycles. The summed E-state index contributed by atoms with van der Waals surface area (Å²) in [6, 6.07) is 22.6. The standard InChI is InChI=1S/C23H19F2N3O3S2/c1-31-19-11-9-17(10-12-19)21-26-27-23(28(21)18-5-3-2-4-6-18)32-15-16-7-13-20(14-8-16)33(29,30)22(24)25/h2-14,22H,15H2,1H3. The summed E-state index contributed by atoms with van der Waals surface area (Å²) in [4.78, 5) is -0.402. The van der Waals surface area contributed by atoms with E-state index in [0.29, 0.717) is 16.7 Å². The molecule has 0 aliphatic heterocycles. The van der Waals surface area contributed by atoms with Gasteiger partial charge in [-0.25, -0.2) is 8.42 Å². The summed E-state index contributed by atoms with van der Waals surface area (Å²) in [6.45, 7) is 0. The molecule has 0 aliphatic carbocycles. The van der Waals surface area contributed by atoms with Crippen molar-refractivity contribution in [1.82, 2.24) is 14.8 Å². The van der Waals surface area contributed by atoms with Crippen molar-refractivity contribution in [2.75, 3.05) is 7.11 Å². The predicted octanol–water partition coefficient (Wildman–Crippen LogP) is 5.23. The highest BCUT2D eigenvalue weighted by Crippen LogP contribution is 2.31. The largest absolute Gasteiger partial charge is 0.497 e. The molecule has 1 aromatic heterocycles. The molecule has 0 fully saturated rings. The minimum absolute atomic E-state index is 0.402. The predicted molar refractivity (Wildman–Crippen MR) is 123 cm³/mol. The molecule has 6 nitrogen and oxygen atoms in total. The Morgan fingerprint density at radius 1 is 0.939 bits per heavy atom. The van der Waals surface area contributed by atoms with Crippen LogP contribution in [-0.4, -0.2) is 36.0 Å². The number of hydrogen-bond acceptors (Lipinski definition) is 6. The van der Waals surface area contributed by atoms with E-state index in [1.165, 1.54) is 36.0 Å². The quantitative estimate of drug-likeness (QED) is 0.317. The van der Waals surface area contributed by atoms with Crippen LogP contribution in [0, 0.1) is 0 Å². The molecule has 0 N–H and O–H groups in total. The van der Waals surface area contributed by atoms with Gasteiger partial charge < -0.3 is 4.74 Å². The number of ether oxygens (including phenoxy) is 1. The number of alkyl halides is 2. The Morgan fingerprint density at radius 3 is 2.21 bits per heavy atom. The average Bonchev–Trinajstić information content (AvgIpc) is 3.27. The second-order valence-corrected chi connectivity index (χ2v) is 9.80. The van der Waals surface area contributed by atoms with Crippen LogP contribution >= 0.6 is 11.8 Å². The van der Waals surface area contributed by atoms with Crippen molar-refractivity contribution < 1.29 is 21.9 Å². The van der Waals surface area contributed by atoms with Crippen LogP contribution in [-0.2, 0) is 15.6 Å². The molecule has 0 saturated heterocycles. The lowest BCUT2D eigenvalue weighted by molar-refractivity contribution is 0.234. The van der Waals surface area contributed by atoms with Crippen LogP contribution in [0.25, 0.3) is 17.1 Å². The van der Waals surface area contributed by atoms with Crippen LogP contribution in [0.5, 0.6) is 5.75 Å². The fraction of sp³-hybridized carbons (Fsp3) is 0.130. The van der Waals surface area contributed by atoms with Gasteiger partial charge in [0.1, 0.15) is 5.75 Å². The Hall–Kier alpha value is -3.24. The fourth-order valence-electron chi connectivity index (χ4n) is 3.13. The first kappa shape index (κ1) is 22.9. The highest BCUT2D eigenvalue weighted by Gasteiger charge is 2.26. The lowest BCUT2D eigenvalue weighted by Crippen LogP contribution is -2.11. The number of methoxy groups -OCH3 is 1. The van der Waals surface area contributed by atoms with Gasteiger partial charge in [-0.15, -0.1) is 10.2 Å². The van der Waals surface area contributed by atoms with Gasteiger partial charge in [-0.2, -0.15) is 8.78 Å². The number of halogens is 2. The number of rotatable bonds is 8. The molecule has 170 valence electrons. The number of aromatic nitrogens is 3. The summed E-state index contributed by atoms with van der Waals surface area (Å²) in [7, 11) is -3.01. The maximum absolute atomic E-state index is 12.7. The molecule has 0 bridgehead atoms. The zero-order valence-electron chi connectivity index (χ0n) is 17.4. The molecule has 0 amide bonds. The van der Waals surface area contributed by atoms with E-state index in [1.54, 1.807) is 7.11 Å². The van der Waals surface area contributed by atoms with Crippen LogP contribution in [0.4, 0.5) is 8.78 Å². The summed E-state index contributed by atoms with van der Waals surface area (Å²) < 4.78 is 55.9. The summed E-state index contributed by atoms with van der Waals surface area (Å²) >= 11 is 1.40. The molecule has 4 rings (SSSR count). The smallest absolute Gasteiger partial charge is 0.341 e. The highest BCUT2D eigenvalue weighted by molar-refractivity contribution is 7.98. The van der Waals surface area contributed by atoms with E-state index >= 15 is 0 Å². The third-order valence-corrected chi connectivity index (χ3v) is 7.25. The monoisotopic (exact) mass is 487 g/mol. The number of sulfone groups is 1. The summed E-state index contributed by atoms with van der Waals surface area (Å²) in [5, 5.41) is 9.38. The van der Waals surface area contributed by atoms with Gasteiger partial charge >= 0.3 is 5.76 Å². The van der Waals surface area contributed by atoms with E-state index in [0.717, 1.165) is 22.6 Å². The maximum Gasteiger partial charge on any atom is 0.341 e. The molecule has 0 unspecified atom stereocenters. The molecule has 3 aromatic carbocycles. The Labute approximate surface area is 194 Å². The minimum atomic E-state index is -4.61. The second-order valence-electron chi connectivity index (χ2n) is 6.94. The number of benzene rings is 3. The van der Waals surface area contributed by atoms with Gasteiger partial charge in [0.25, 0.3) is 0 Å². The molecular formula is C23H19F2N3O3S2. The van der Waals surface area contributed by atoms with Crippen molar-refractivity contribution in [3.63, 3.8) is 0 Å². The first-order chi connectivity index (χ1) is 15.9. The van der Waals surface area contributed by atoms with Crippen LogP contribution in [0.2, 0.25) is 0 Å². The third-order valence-electron chi connectivity index (χ3n) is 4.85. The van der Waals surface area contributed by atoms with Crippen LogP contribution in [0.1, 0.15) is 5.56 Å². The minimum Gasteiger partial charge on any atom is -0.497 e. The van der Waals surface area contributed by atoms with Gasteiger partial charge in [0.2, 0.25) is 9.84 Å². The topological polar surface area (TPSA) is 74.1 Å². The van der Waals surface area contributed by atoms with E-state index in [4.69, 9.17) is 4.74 Å². The third kappa shape index (κ3) is 4.91. The summed E-state index contributed by atoms with van der Waals surface area (Å²) in [5.74, 6) is -1.61. The van der Waals surface area contributed by atoms with Crippen molar-refractivity contribution >= 4 is 21.6 Å². The Morgan fingerprint density at radius 2 is 1.61 bits per heavy atom. The molecule has 33 heavy (non-hydrogen) atoms. The molecule has 0 atom stereocenters. The zero-order valence-corrected chi connectivity index (χ0v) is 19.1. The van der Waals surface area contributed by atoms with Gasteiger partial charge in [0.05, 0.1) is 12.0 Å². The van der Waals surface area contributed by atoms with Crippen molar-refractivity contribution in [3.05, 3.63) is 84.4 Å². The van der Waals surface area contributed by atoms with Crippen molar-refractivity contribution in [1.29, 1.82) is 0 Å². The SMILES string of the molecule is COc1ccc(-c2nnc(SCc3ccc(S(=O)(=O)C(F)F)cc3)n2-c2ccccc2)cc1. The number of para-hydroxylation sites is 1. The average molecular weight is 488 g/mol. The van der Waals surface area contributed by atoms with E-state index in [9.17, 15) is 17.2 Å². The van der Waals surface area contributed by atoms with Crippen LogP contribution < -0.4 is 4.74 Å². The van der Waals surface area contributed by atoms with Gasteiger partial charge in [-0.3, -0.25) is 4.57 Å². The van der Waals surface area contributed by atoms with E-state index in [2.05, 4.69) is 10.2 Å². The lowest BCUT2D eigenvalue weighted by atomic mass is 10.2. The zero-order chi connectivity index (χ0) is 23.4. The van der Waals surface area contributed by atoms with E-state index in [-0.39, 0.29) is 0 Å². The molecule has 10 heteroatoms. The first-order valence-corrected chi connectivity index (χ1v) is 12.3. The first-order valence-electron chi connectivity index (χ1n) is 9.79. The van der Waals surface area contributed by atoms with Gasteiger partial charge in [-0.05, 0) is 54.1 Å². The summed E-state index contributed by atoms with van der Waals surface area (Å²) in [5.41, 5.74) is 2.51. The van der Waals surface area contributed by atoms with Gasteiger partial charge in [0.15, 0.2) is 11.0 Å². The Balaban J connectivity index is 1.62. The fourth-order valence-corrected chi connectivity index (χ4v) is 4.76. The molecule has 0 radical (unpaired) electrons. The number of thioether (sulfide) groups is 1. The Bertz CT molecular complexity index is 1330. The molecule has 4 aromatic rings. The molecule has 0 spiro atoms. The van der Waals surface area contributed by atoms with Crippen LogP contribution in [0.15, 0.2) is 88.9 Å². The number of hydrogen-bond donors (Lipinski definition) is 0. The molecule has 0 saturated carbocycles. The lowest BCUT2D eigenvalue weighted by Gasteiger charge is -2.11. The van der Waals surface area contributed by atoms with E-state index < -0.39 is 20.5 Å². The summed E-state index contributed by atoms with van der Waals surface area (Å²) in [6.07, 6.45) is 0. The van der Waals surface area contributed by atoms with Crippen LogP contribution in [0.3, 0.4) is 0 Å². The van der Waals surface area contributed by atoms with Crippen molar-refractivity contribution in [2.24, 2.45) is 0 Å². The highest BCUT2D eigenvalue weighted by atomic mass is 32.2. The maximum atomic E-state index is 12.7. The molecular weight excluding hydrogens is 468 g/mol. The second kappa shape index (κ2) is 9.72.